The highest BCUT2D eigenvalue weighted by atomic mass is 16.6. The molecular weight excluding hydrogens is 350 g/mol. The van der Waals surface area contributed by atoms with Crippen LogP contribution in [0.2, 0.25) is 0 Å². The molecule has 0 saturated carbocycles. The van der Waals surface area contributed by atoms with Gasteiger partial charge in [-0.25, -0.2) is 4.79 Å². The highest BCUT2D eigenvalue weighted by molar-refractivity contribution is 6.04. The van der Waals surface area contributed by atoms with Crippen LogP contribution in [-0.4, -0.2) is 21.7 Å². The predicted octanol–water partition coefficient (Wildman–Crippen LogP) is 5.78. The van der Waals surface area contributed by atoms with Gasteiger partial charge in [-0.05, 0) is 81.8 Å². The van der Waals surface area contributed by atoms with E-state index in [4.69, 9.17) is 4.74 Å². The standard InChI is InChI=1S/C24H29NO3/c1-24(2,3)28-23(27)21-16-25-22-13-12-18(15-20(21)22)9-6-4-5-8-17-10-7-11-19(26)14-17/h7,10-16,25-26H,4-6,8-9H2,1-3H3. The number of hydrogen-bond acceptors (Lipinski definition) is 3. The molecule has 0 saturated heterocycles. The van der Waals surface area contributed by atoms with E-state index in [2.05, 4.69) is 23.2 Å². The van der Waals surface area contributed by atoms with Crippen molar-refractivity contribution in [2.75, 3.05) is 0 Å². The number of aromatic nitrogens is 1. The molecule has 3 rings (SSSR count). The molecule has 2 N–H and O–H groups in total. The van der Waals surface area contributed by atoms with Crippen LogP contribution in [-0.2, 0) is 17.6 Å². The summed E-state index contributed by atoms with van der Waals surface area (Å²) in [7, 11) is 0. The number of aromatic amines is 1. The first-order chi connectivity index (χ1) is 13.3. The maximum absolute atomic E-state index is 12.4. The SMILES string of the molecule is CC(C)(C)OC(=O)c1c[nH]c2ccc(CCCCCc3cccc(O)c3)cc12. The highest BCUT2D eigenvalue weighted by Gasteiger charge is 2.20. The number of esters is 1. The third kappa shape index (κ3) is 5.38. The van der Waals surface area contributed by atoms with Gasteiger partial charge in [0.2, 0.25) is 0 Å². The summed E-state index contributed by atoms with van der Waals surface area (Å²) in [6, 6.07) is 13.7. The van der Waals surface area contributed by atoms with Crippen molar-refractivity contribution in [3.63, 3.8) is 0 Å². The normalized spacial score (nSPS) is 11.7. The Hall–Kier alpha value is -2.75. The largest absolute Gasteiger partial charge is 0.508 e. The molecule has 0 fully saturated rings. The number of carbonyl (C=O) groups excluding carboxylic acids is 1. The molecule has 0 aliphatic rings. The summed E-state index contributed by atoms with van der Waals surface area (Å²) in [4.78, 5) is 15.6. The topological polar surface area (TPSA) is 62.3 Å². The van der Waals surface area contributed by atoms with E-state index in [1.54, 1.807) is 12.3 Å². The van der Waals surface area contributed by atoms with Gasteiger partial charge >= 0.3 is 5.97 Å². The van der Waals surface area contributed by atoms with Crippen molar-refractivity contribution in [2.45, 2.75) is 58.5 Å². The summed E-state index contributed by atoms with van der Waals surface area (Å²) in [5.74, 6) is 0.0418. The van der Waals surface area contributed by atoms with Gasteiger partial charge in [-0.2, -0.15) is 0 Å². The van der Waals surface area contributed by atoms with Crippen molar-refractivity contribution in [3.8, 4) is 5.75 Å². The van der Waals surface area contributed by atoms with Crippen LogP contribution in [0.4, 0.5) is 0 Å². The fourth-order valence-electron chi connectivity index (χ4n) is 3.37. The van der Waals surface area contributed by atoms with Crippen molar-refractivity contribution in [1.82, 2.24) is 4.98 Å². The number of unbranched alkanes of at least 4 members (excludes halogenated alkanes) is 2. The number of phenolic OH excluding ortho intramolecular Hbond substituents is 1. The lowest BCUT2D eigenvalue weighted by Crippen LogP contribution is -2.23. The van der Waals surface area contributed by atoms with E-state index < -0.39 is 5.60 Å². The lowest BCUT2D eigenvalue weighted by Gasteiger charge is -2.19. The minimum atomic E-state index is -0.506. The number of aromatic hydroxyl groups is 1. The van der Waals surface area contributed by atoms with E-state index in [0.717, 1.165) is 43.0 Å². The van der Waals surface area contributed by atoms with Crippen LogP contribution in [0, 0.1) is 0 Å². The fourth-order valence-corrected chi connectivity index (χ4v) is 3.37. The lowest BCUT2D eigenvalue weighted by atomic mass is 10.0. The number of fused-ring (bicyclic) bond motifs is 1. The van der Waals surface area contributed by atoms with Gasteiger partial charge in [-0.1, -0.05) is 24.6 Å². The average Bonchev–Trinajstić information content (AvgIpc) is 3.03. The van der Waals surface area contributed by atoms with Gasteiger partial charge in [0.15, 0.2) is 0 Å². The maximum Gasteiger partial charge on any atom is 0.340 e. The molecule has 0 spiro atoms. The molecule has 3 aromatic rings. The number of H-pyrrole nitrogens is 1. The number of aryl methyl sites for hydroxylation is 2. The third-order valence-electron chi connectivity index (χ3n) is 4.71. The van der Waals surface area contributed by atoms with Crippen LogP contribution >= 0.6 is 0 Å². The molecule has 0 aliphatic carbocycles. The molecule has 4 nitrogen and oxygen atoms in total. The number of benzene rings is 2. The lowest BCUT2D eigenvalue weighted by molar-refractivity contribution is 0.00719. The second-order valence-electron chi connectivity index (χ2n) is 8.31. The van der Waals surface area contributed by atoms with Crippen molar-refractivity contribution in [1.29, 1.82) is 0 Å². The predicted molar refractivity (Wildman–Crippen MR) is 113 cm³/mol. The Kier molecular flexibility index (Phi) is 6.08. The summed E-state index contributed by atoms with van der Waals surface area (Å²) in [6.45, 7) is 5.63. The monoisotopic (exact) mass is 379 g/mol. The van der Waals surface area contributed by atoms with Gasteiger partial charge in [-0.15, -0.1) is 0 Å². The van der Waals surface area contributed by atoms with E-state index in [1.165, 1.54) is 11.1 Å². The summed E-state index contributed by atoms with van der Waals surface area (Å²) in [5.41, 5.74) is 3.45. The first-order valence-corrected chi connectivity index (χ1v) is 9.93. The van der Waals surface area contributed by atoms with Crippen molar-refractivity contribution in [2.24, 2.45) is 0 Å². The van der Waals surface area contributed by atoms with E-state index in [1.807, 2.05) is 39.0 Å². The average molecular weight is 380 g/mol. The summed E-state index contributed by atoms with van der Waals surface area (Å²) < 4.78 is 5.52. The molecule has 0 atom stereocenters. The molecule has 0 unspecified atom stereocenters. The number of nitrogens with one attached hydrogen (secondary N) is 1. The summed E-state index contributed by atoms with van der Waals surface area (Å²) >= 11 is 0. The molecule has 2 aromatic carbocycles. The molecule has 1 aromatic heterocycles. The molecular formula is C24H29NO3. The first kappa shape index (κ1) is 20.0. The Morgan fingerprint density at radius 2 is 1.71 bits per heavy atom. The van der Waals surface area contributed by atoms with Crippen molar-refractivity contribution >= 4 is 16.9 Å². The van der Waals surface area contributed by atoms with Crippen molar-refractivity contribution in [3.05, 3.63) is 65.4 Å². The van der Waals surface area contributed by atoms with Crippen LogP contribution in [0.15, 0.2) is 48.7 Å². The quantitative estimate of drug-likeness (QED) is 0.404. The Bertz CT molecular complexity index is 950. The van der Waals surface area contributed by atoms with Gasteiger partial charge < -0.3 is 14.8 Å². The van der Waals surface area contributed by atoms with E-state index >= 15 is 0 Å². The Morgan fingerprint density at radius 1 is 1.00 bits per heavy atom. The summed E-state index contributed by atoms with van der Waals surface area (Å²) in [5, 5.41) is 10.4. The second kappa shape index (κ2) is 8.51. The van der Waals surface area contributed by atoms with Crippen LogP contribution in [0.5, 0.6) is 5.75 Å². The third-order valence-corrected chi connectivity index (χ3v) is 4.71. The fraction of sp³-hybridized carbons (Fsp3) is 0.375. The highest BCUT2D eigenvalue weighted by Crippen LogP contribution is 2.23. The Labute approximate surface area is 166 Å². The Morgan fingerprint density at radius 3 is 2.39 bits per heavy atom. The molecule has 0 aliphatic heterocycles. The molecule has 1 heterocycles. The van der Waals surface area contributed by atoms with E-state index in [0.29, 0.717) is 11.3 Å². The number of phenols is 1. The molecule has 148 valence electrons. The maximum atomic E-state index is 12.4. The zero-order chi connectivity index (χ0) is 20.1. The second-order valence-corrected chi connectivity index (χ2v) is 8.31. The number of ether oxygens (including phenoxy) is 1. The van der Waals surface area contributed by atoms with Gasteiger partial charge in [-0.3, -0.25) is 0 Å². The molecule has 0 radical (unpaired) electrons. The molecule has 0 amide bonds. The zero-order valence-electron chi connectivity index (χ0n) is 16.9. The van der Waals surface area contributed by atoms with Crippen LogP contribution in [0.3, 0.4) is 0 Å². The first-order valence-electron chi connectivity index (χ1n) is 9.93. The number of carbonyl (C=O) groups is 1. The molecule has 4 heteroatoms. The van der Waals surface area contributed by atoms with Crippen LogP contribution in [0.25, 0.3) is 10.9 Å². The van der Waals surface area contributed by atoms with Gasteiger partial charge in [0.1, 0.15) is 11.4 Å². The van der Waals surface area contributed by atoms with Gasteiger partial charge in [0.25, 0.3) is 0 Å². The van der Waals surface area contributed by atoms with Crippen LogP contribution in [0.1, 0.15) is 61.5 Å². The van der Waals surface area contributed by atoms with Crippen molar-refractivity contribution < 1.29 is 14.6 Å². The minimum Gasteiger partial charge on any atom is -0.508 e. The van der Waals surface area contributed by atoms with E-state index in [-0.39, 0.29) is 5.97 Å². The molecule has 28 heavy (non-hydrogen) atoms. The summed E-state index contributed by atoms with van der Waals surface area (Å²) in [6.07, 6.45) is 7.01. The molecule has 0 bridgehead atoms. The van der Waals surface area contributed by atoms with Gasteiger partial charge in [0, 0.05) is 17.1 Å². The number of hydrogen-bond donors (Lipinski definition) is 2. The van der Waals surface area contributed by atoms with Gasteiger partial charge in [0.05, 0.1) is 5.56 Å². The van der Waals surface area contributed by atoms with E-state index in [9.17, 15) is 9.90 Å². The zero-order valence-corrected chi connectivity index (χ0v) is 16.9. The minimum absolute atomic E-state index is 0.290. The van der Waals surface area contributed by atoms with Crippen LogP contribution < -0.4 is 0 Å². The number of rotatable bonds is 7. The Balaban J connectivity index is 1.56. The smallest absolute Gasteiger partial charge is 0.340 e.